The maximum absolute atomic E-state index is 12.3. The second-order valence-corrected chi connectivity index (χ2v) is 5.01. The first-order chi connectivity index (χ1) is 7.60. The van der Waals surface area contributed by atoms with Crippen molar-refractivity contribution in [2.45, 2.75) is 65.0 Å². The molecule has 1 aliphatic carbocycles. The zero-order valence-electron chi connectivity index (χ0n) is 10.9. The van der Waals surface area contributed by atoms with E-state index in [-0.39, 0.29) is 12.0 Å². The molecule has 0 bridgehead atoms. The van der Waals surface area contributed by atoms with Crippen molar-refractivity contribution in [3.63, 3.8) is 0 Å². The van der Waals surface area contributed by atoms with Gasteiger partial charge in [-0.2, -0.15) is 0 Å². The molecule has 1 saturated carbocycles. The summed E-state index contributed by atoms with van der Waals surface area (Å²) in [5.41, 5.74) is 5.94. The maximum atomic E-state index is 12.3. The van der Waals surface area contributed by atoms with Gasteiger partial charge in [0.05, 0.1) is 0 Å². The topological polar surface area (TPSA) is 46.3 Å². The Hall–Kier alpha value is -0.570. The molecule has 0 spiro atoms. The molecule has 1 aliphatic rings. The Morgan fingerprint density at radius 2 is 2.12 bits per heavy atom. The van der Waals surface area contributed by atoms with Gasteiger partial charge in [0.25, 0.3) is 0 Å². The van der Waals surface area contributed by atoms with Crippen molar-refractivity contribution in [2.75, 3.05) is 6.54 Å². The van der Waals surface area contributed by atoms with Crippen molar-refractivity contribution in [3.05, 3.63) is 0 Å². The molecule has 3 atom stereocenters. The van der Waals surface area contributed by atoms with Gasteiger partial charge < -0.3 is 10.6 Å². The molecule has 3 nitrogen and oxygen atoms in total. The van der Waals surface area contributed by atoms with Crippen LogP contribution in [0, 0.1) is 5.92 Å². The average molecular weight is 226 g/mol. The second kappa shape index (κ2) is 6.24. The van der Waals surface area contributed by atoms with Crippen LogP contribution >= 0.6 is 0 Å². The molecule has 1 rings (SSSR count). The summed E-state index contributed by atoms with van der Waals surface area (Å²) in [6.07, 6.45) is 5.12. The van der Waals surface area contributed by atoms with Crippen LogP contribution in [0.4, 0.5) is 0 Å². The van der Waals surface area contributed by atoms with Crippen molar-refractivity contribution in [3.8, 4) is 0 Å². The van der Waals surface area contributed by atoms with Crippen LogP contribution in [0.3, 0.4) is 0 Å². The lowest BCUT2D eigenvalue weighted by Gasteiger charge is -2.34. The van der Waals surface area contributed by atoms with Crippen LogP contribution in [0.15, 0.2) is 0 Å². The Kier molecular flexibility index (Phi) is 5.26. The molecule has 0 heterocycles. The van der Waals surface area contributed by atoms with E-state index in [2.05, 4.69) is 20.8 Å². The average Bonchev–Trinajstić information content (AvgIpc) is 2.29. The van der Waals surface area contributed by atoms with Crippen LogP contribution in [0.1, 0.15) is 52.9 Å². The number of hydrogen-bond acceptors (Lipinski definition) is 2. The Bertz CT molecular complexity index is 230. The first-order valence-corrected chi connectivity index (χ1v) is 6.66. The molecule has 2 N–H and O–H groups in total. The van der Waals surface area contributed by atoms with Crippen molar-refractivity contribution in [1.29, 1.82) is 0 Å². The number of hydrogen-bond donors (Lipinski definition) is 1. The molecule has 1 fully saturated rings. The highest BCUT2D eigenvalue weighted by molar-refractivity contribution is 5.79. The number of carbonyl (C=O) groups is 1. The molecule has 0 radical (unpaired) electrons. The summed E-state index contributed by atoms with van der Waals surface area (Å²) in [6, 6.07) is 0.592. The third kappa shape index (κ3) is 3.21. The van der Waals surface area contributed by atoms with Crippen LogP contribution < -0.4 is 5.73 Å². The fourth-order valence-corrected chi connectivity index (χ4v) is 2.59. The summed E-state index contributed by atoms with van der Waals surface area (Å²) in [5, 5.41) is 0. The third-order valence-corrected chi connectivity index (χ3v) is 3.81. The third-order valence-electron chi connectivity index (χ3n) is 3.81. The molecular formula is C13H26N2O. The lowest BCUT2D eigenvalue weighted by molar-refractivity contribution is -0.138. The van der Waals surface area contributed by atoms with Gasteiger partial charge in [0.1, 0.15) is 0 Å². The summed E-state index contributed by atoms with van der Waals surface area (Å²) in [7, 11) is 0. The molecule has 0 aromatic rings. The van der Waals surface area contributed by atoms with Crippen molar-refractivity contribution in [2.24, 2.45) is 11.7 Å². The van der Waals surface area contributed by atoms with E-state index >= 15 is 0 Å². The van der Waals surface area contributed by atoms with E-state index < -0.39 is 0 Å². The first kappa shape index (κ1) is 13.5. The summed E-state index contributed by atoms with van der Waals surface area (Å²) in [4.78, 5) is 14.4. The highest BCUT2D eigenvalue weighted by atomic mass is 16.2. The fraction of sp³-hybridized carbons (Fsp3) is 0.923. The Morgan fingerprint density at radius 3 is 2.62 bits per heavy atom. The van der Waals surface area contributed by atoms with Gasteiger partial charge in [-0.1, -0.05) is 13.3 Å². The molecule has 0 aromatic heterocycles. The van der Waals surface area contributed by atoms with Gasteiger partial charge in [-0.05, 0) is 39.5 Å². The van der Waals surface area contributed by atoms with Crippen LogP contribution in [0.25, 0.3) is 0 Å². The van der Waals surface area contributed by atoms with Gasteiger partial charge in [0.2, 0.25) is 5.91 Å². The fourth-order valence-electron chi connectivity index (χ4n) is 2.59. The van der Waals surface area contributed by atoms with Gasteiger partial charge in [-0.25, -0.2) is 0 Å². The molecule has 0 saturated heterocycles. The Labute approximate surface area is 99.4 Å². The number of amides is 1. The molecule has 16 heavy (non-hydrogen) atoms. The minimum atomic E-state index is 0.178. The van der Waals surface area contributed by atoms with Crippen LogP contribution in [0.5, 0.6) is 0 Å². The molecule has 3 unspecified atom stereocenters. The Morgan fingerprint density at radius 1 is 1.44 bits per heavy atom. The van der Waals surface area contributed by atoms with E-state index in [1.807, 2.05) is 4.90 Å². The van der Waals surface area contributed by atoms with E-state index in [1.54, 1.807) is 0 Å². The number of nitrogens with two attached hydrogens (primary N) is 1. The quantitative estimate of drug-likeness (QED) is 0.798. The summed E-state index contributed by atoms with van der Waals surface area (Å²) >= 11 is 0. The zero-order chi connectivity index (χ0) is 12.1. The van der Waals surface area contributed by atoms with E-state index in [0.29, 0.717) is 11.9 Å². The molecular weight excluding hydrogens is 200 g/mol. The predicted molar refractivity (Wildman–Crippen MR) is 67.1 cm³/mol. The van der Waals surface area contributed by atoms with Crippen LogP contribution in [-0.4, -0.2) is 29.4 Å². The molecule has 0 aromatic carbocycles. The van der Waals surface area contributed by atoms with E-state index in [0.717, 1.165) is 38.6 Å². The van der Waals surface area contributed by atoms with E-state index in [4.69, 9.17) is 5.73 Å². The second-order valence-electron chi connectivity index (χ2n) is 5.01. The zero-order valence-corrected chi connectivity index (χ0v) is 10.9. The maximum Gasteiger partial charge on any atom is 0.225 e. The molecule has 94 valence electrons. The summed E-state index contributed by atoms with van der Waals surface area (Å²) < 4.78 is 0. The normalized spacial score (nSPS) is 27.5. The minimum Gasteiger partial charge on any atom is -0.340 e. The molecule has 1 amide bonds. The number of carbonyl (C=O) groups excluding carboxylic acids is 1. The Balaban J connectivity index is 2.59. The minimum absolute atomic E-state index is 0.178. The largest absolute Gasteiger partial charge is 0.340 e. The molecule has 3 heteroatoms. The lowest BCUT2D eigenvalue weighted by Crippen LogP contribution is -2.44. The highest BCUT2D eigenvalue weighted by Gasteiger charge is 2.29. The van der Waals surface area contributed by atoms with E-state index in [1.165, 1.54) is 0 Å². The van der Waals surface area contributed by atoms with E-state index in [9.17, 15) is 4.79 Å². The first-order valence-electron chi connectivity index (χ1n) is 6.66. The van der Waals surface area contributed by atoms with Crippen LogP contribution in [0.2, 0.25) is 0 Å². The van der Waals surface area contributed by atoms with Gasteiger partial charge in [0, 0.05) is 24.5 Å². The lowest BCUT2D eigenvalue weighted by atomic mass is 9.85. The van der Waals surface area contributed by atoms with Crippen molar-refractivity contribution < 1.29 is 4.79 Å². The van der Waals surface area contributed by atoms with Gasteiger partial charge >= 0.3 is 0 Å². The van der Waals surface area contributed by atoms with Crippen LogP contribution in [-0.2, 0) is 4.79 Å². The number of nitrogens with zero attached hydrogens (tertiary/aromatic N) is 1. The SMILES string of the molecule is CCC(C)N(CC)C(=O)C1CCCC(N)C1. The van der Waals surface area contributed by atoms with Gasteiger partial charge in [-0.3, -0.25) is 4.79 Å². The monoisotopic (exact) mass is 226 g/mol. The smallest absolute Gasteiger partial charge is 0.225 e. The van der Waals surface area contributed by atoms with Crippen molar-refractivity contribution in [1.82, 2.24) is 4.90 Å². The number of rotatable bonds is 4. The van der Waals surface area contributed by atoms with Gasteiger partial charge in [-0.15, -0.1) is 0 Å². The highest BCUT2D eigenvalue weighted by Crippen LogP contribution is 2.25. The van der Waals surface area contributed by atoms with Crippen molar-refractivity contribution >= 4 is 5.91 Å². The molecule has 0 aliphatic heterocycles. The summed E-state index contributed by atoms with van der Waals surface area (Å²) in [6.45, 7) is 7.14. The van der Waals surface area contributed by atoms with Gasteiger partial charge in [0.15, 0.2) is 0 Å². The standard InChI is InChI=1S/C13H26N2O/c1-4-10(3)15(5-2)13(16)11-7-6-8-12(14)9-11/h10-12H,4-9,14H2,1-3H3. The summed E-state index contributed by atoms with van der Waals surface area (Å²) in [5.74, 6) is 0.504. The predicted octanol–water partition coefficient (Wildman–Crippen LogP) is 2.15.